The van der Waals surface area contributed by atoms with Crippen molar-refractivity contribution in [2.24, 2.45) is 11.8 Å². The van der Waals surface area contributed by atoms with Crippen LogP contribution in [0.4, 0.5) is 0 Å². The predicted octanol–water partition coefficient (Wildman–Crippen LogP) is 0.903. The summed E-state index contributed by atoms with van der Waals surface area (Å²) in [6.07, 6.45) is 4.09. The molecule has 23 heavy (non-hydrogen) atoms. The molecule has 0 radical (unpaired) electrons. The average Bonchev–Trinajstić information content (AvgIpc) is 2.61. The number of piperidine rings is 3. The summed E-state index contributed by atoms with van der Waals surface area (Å²) in [5.74, 6) is 1.87. The van der Waals surface area contributed by atoms with Gasteiger partial charge in [0.1, 0.15) is 0 Å². The Morgan fingerprint density at radius 3 is 2.74 bits per heavy atom. The van der Waals surface area contributed by atoms with Crippen LogP contribution in [0.15, 0.2) is 0 Å². The van der Waals surface area contributed by atoms with Gasteiger partial charge in [-0.05, 0) is 43.4 Å². The molecular formula is C17H32N4OS. The molecule has 4 aliphatic heterocycles. The maximum absolute atomic E-state index is 5.44. The van der Waals surface area contributed by atoms with Gasteiger partial charge in [-0.2, -0.15) is 0 Å². The first kappa shape index (κ1) is 17.4. The Balaban J connectivity index is 1.30. The van der Waals surface area contributed by atoms with Crippen molar-refractivity contribution in [1.29, 1.82) is 0 Å². The van der Waals surface area contributed by atoms with Gasteiger partial charge in [-0.3, -0.25) is 9.80 Å². The molecular weight excluding hydrogens is 308 g/mol. The van der Waals surface area contributed by atoms with E-state index in [9.17, 15) is 0 Å². The lowest BCUT2D eigenvalue weighted by molar-refractivity contribution is 0.00204. The van der Waals surface area contributed by atoms with Crippen molar-refractivity contribution >= 4 is 17.3 Å². The Bertz CT molecular complexity index is 389. The Kier molecular flexibility index (Phi) is 6.51. The van der Waals surface area contributed by atoms with Crippen LogP contribution in [-0.2, 0) is 4.74 Å². The van der Waals surface area contributed by atoms with Crippen molar-refractivity contribution < 1.29 is 4.74 Å². The molecule has 4 fully saturated rings. The monoisotopic (exact) mass is 340 g/mol. The van der Waals surface area contributed by atoms with Crippen LogP contribution in [0.5, 0.6) is 0 Å². The van der Waals surface area contributed by atoms with E-state index in [-0.39, 0.29) is 0 Å². The second-order valence-electron chi connectivity index (χ2n) is 7.19. The Hall–Kier alpha value is -0.430. The lowest BCUT2D eigenvalue weighted by Crippen LogP contribution is -2.57. The third-order valence-corrected chi connectivity index (χ3v) is 6.14. The first-order valence-corrected chi connectivity index (χ1v) is 9.73. The number of ether oxygens (including phenoxy) is 1. The van der Waals surface area contributed by atoms with Crippen molar-refractivity contribution in [3.8, 4) is 0 Å². The second kappa shape index (κ2) is 8.60. The van der Waals surface area contributed by atoms with Crippen molar-refractivity contribution in [3.63, 3.8) is 0 Å². The molecule has 0 saturated carbocycles. The van der Waals surface area contributed by atoms with Gasteiger partial charge in [0.25, 0.3) is 0 Å². The lowest BCUT2D eigenvalue weighted by Gasteiger charge is -2.50. The number of nitrogens with zero attached hydrogens (tertiary/aromatic N) is 2. The molecule has 4 heterocycles. The molecule has 0 amide bonds. The molecule has 0 spiro atoms. The SMILES string of the molecule is CCC1CN2CCC1CC2CNC(=S)NCCN1CCOCC1. The smallest absolute Gasteiger partial charge is 0.166 e. The van der Waals surface area contributed by atoms with Crippen LogP contribution in [0.3, 0.4) is 0 Å². The fraction of sp³-hybridized carbons (Fsp3) is 0.941. The highest BCUT2D eigenvalue weighted by atomic mass is 32.1. The minimum Gasteiger partial charge on any atom is -0.379 e. The summed E-state index contributed by atoms with van der Waals surface area (Å²) in [4.78, 5) is 5.10. The Labute approximate surface area is 146 Å². The van der Waals surface area contributed by atoms with Gasteiger partial charge in [0.15, 0.2) is 5.11 Å². The van der Waals surface area contributed by atoms with E-state index in [0.717, 1.165) is 62.9 Å². The van der Waals surface area contributed by atoms with E-state index in [1.54, 1.807) is 0 Å². The number of fused-ring (bicyclic) bond motifs is 3. The molecule has 5 nitrogen and oxygen atoms in total. The summed E-state index contributed by atoms with van der Waals surface area (Å²) >= 11 is 5.44. The summed E-state index contributed by atoms with van der Waals surface area (Å²) < 4.78 is 5.37. The van der Waals surface area contributed by atoms with Crippen molar-refractivity contribution in [2.45, 2.75) is 32.2 Å². The molecule has 0 aliphatic carbocycles. The third-order valence-electron chi connectivity index (χ3n) is 5.85. The highest BCUT2D eigenvalue weighted by Gasteiger charge is 2.38. The molecule has 6 heteroatoms. The fourth-order valence-electron chi connectivity index (χ4n) is 4.35. The van der Waals surface area contributed by atoms with Crippen LogP contribution < -0.4 is 10.6 Å². The molecule has 132 valence electrons. The maximum Gasteiger partial charge on any atom is 0.166 e. The van der Waals surface area contributed by atoms with Gasteiger partial charge in [-0.1, -0.05) is 13.3 Å². The molecule has 4 unspecified atom stereocenters. The zero-order valence-corrected chi connectivity index (χ0v) is 15.2. The lowest BCUT2D eigenvalue weighted by atomic mass is 9.74. The number of morpholine rings is 1. The van der Waals surface area contributed by atoms with Crippen LogP contribution in [0.1, 0.15) is 26.2 Å². The molecule has 4 saturated heterocycles. The molecule has 0 aromatic rings. The van der Waals surface area contributed by atoms with Crippen molar-refractivity contribution in [1.82, 2.24) is 20.4 Å². The van der Waals surface area contributed by atoms with Crippen molar-refractivity contribution in [3.05, 3.63) is 0 Å². The van der Waals surface area contributed by atoms with Gasteiger partial charge in [0.05, 0.1) is 13.2 Å². The van der Waals surface area contributed by atoms with Crippen LogP contribution >= 0.6 is 12.2 Å². The highest BCUT2D eigenvalue weighted by molar-refractivity contribution is 7.80. The van der Waals surface area contributed by atoms with Crippen molar-refractivity contribution in [2.75, 3.05) is 59.0 Å². The van der Waals surface area contributed by atoms with Gasteiger partial charge in [0.2, 0.25) is 0 Å². The zero-order chi connectivity index (χ0) is 16.1. The van der Waals surface area contributed by atoms with E-state index < -0.39 is 0 Å². The van der Waals surface area contributed by atoms with Crippen LogP contribution in [-0.4, -0.2) is 80.0 Å². The number of hydrogen-bond donors (Lipinski definition) is 2. The molecule has 0 aromatic carbocycles. The number of hydrogen-bond acceptors (Lipinski definition) is 4. The van der Waals surface area contributed by atoms with Gasteiger partial charge < -0.3 is 15.4 Å². The Morgan fingerprint density at radius 1 is 1.22 bits per heavy atom. The quantitative estimate of drug-likeness (QED) is 0.700. The molecule has 2 N–H and O–H groups in total. The van der Waals surface area contributed by atoms with E-state index in [4.69, 9.17) is 17.0 Å². The highest BCUT2D eigenvalue weighted by Crippen LogP contribution is 2.37. The average molecular weight is 341 g/mol. The summed E-state index contributed by atoms with van der Waals surface area (Å²) in [7, 11) is 0. The minimum absolute atomic E-state index is 0.676. The molecule has 4 aliphatic rings. The molecule has 2 bridgehead atoms. The molecule has 4 atom stereocenters. The standard InChI is InChI=1S/C17H32N4OS/c1-2-14-13-21-5-3-15(14)11-16(21)12-19-17(23)18-4-6-20-7-9-22-10-8-20/h14-16H,2-13H2,1H3,(H2,18,19,23). The fourth-order valence-corrected chi connectivity index (χ4v) is 4.53. The molecule has 4 rings (SSSR count). The summed E-state index contributed by atoms with van der Waals surface area (Å²) in [6, 6.07) is 0.676. The van der Waals surface area contributed by atoms with Gasteiger partial charge in [0, 0.05) is 45.3 Å². The zero-order valence-electron chi connectivity index (χ0n) is 14.4. The normalized spacial score (nSPS) is 34.3. The van der Waals surface area contributed by atoms with E-state index in [2.05, 4.69) is 27.4 Å². The third kappa shape index (κ3) is 4.78. The van der Waals surface area contributed by atoms with Crippen LogP contribution in [0, 0.1) is 11.8 Å². The maximum atomic E-state index is 5.44. The van der Waals surface area contributed by atoms with E-state index in [1.807, 2.05) is 0 Å². The summed E-state index contributed by atoms with van der Waals surface area (Å²) in [5, 5.41) is 7.61. The van der Waals surface area contributed by atoms with Gasteiger partial charge in [-0.25, -0.2) is 0 Å². The minimum atomic E-state index is 0.676. The van der Waals surface area contributed by atoms with Gasteiger partial charge >= 0.3 is 0 Å². The second-order valence-corrected chi connectivity index (χ2v) is 7.60. The molecule has 0 aromatic heterocycles. The predicted molar refractivity (Wildman–Crippen MR) is 97.7 cm³/mol. The first-order chi connectivity index (χ1) is 11.3. The number of nitrogens with one attached hydrogen (secondary N) is 2. The number of thiocarbonyl (C=S) groups is 1. The summed E-state index contributed by atoms with van der Waals surface area (Å²) in [5.41, 5.74) is 0. The first-order valence-electron chi connectivity index (χ1n) is 9.32. The Morgan fingerprint density at radius 2 is 2.04 bits per heavy atom. The topological polar surface area (TPSA) is 39.8 Å². The van der Waals surface area contributed by atoms with Crippen LogP contribution in [0.2, 0.25) is 0 Å². The van der Waals surface area contributed by atoms with E-state index in [0.29, 0.717) is 6.04 Å². The van der Waals surface area contributed by atoms with Crippen LogP contribution in [0.25, 0.3) is 0 Å². The largest absolute Gasteiger partial charge is 0.379 e. The van der Waals surface area contributed by atoms with Gasteiger partial charge in [-0.15, -0.1) is 0 Å². The summed E-state index contributed by atoms with van der Waals surface area (Å²) in [6.45, 7) is 11.7. The van der Waals surface area contributed by atoms with E-state index >= 15 is 0 Å². The van der Waals surface area contributed by atoms with E-state index in [1.165, 1.54) is 32.4 Å². The number of rotatable bonds is 6.